The molecule has 0 spiro atoms. The summed E-state index contributed by atoms with van der Waals surface area (Å²) < 4.78 is 5.78. The fraction of sp³-hybridized carbons (Fsp3) is 0.417. The highest BCUT2D eigenvalue weighted by molar-refractivity contribution is 8.03. The van der Waals surface area contributed by atoms with Crippen LogP contribution in [0.25, 0.3) is 11.6 Å². The first kappa shape index (κ1) is 21.4. The first-order valence-electron chi connectivity index (χ1n) is 9.78. The van der Waals surface area contributed by atoms with Crippen LogP contribution in [-0.4, -0.2) is 43.7 Å². The van der Waals surface area contributed by atoms with Crippen molar-refractivity contribution >= 4 is 35.2 Å². The van der Waals surface area contributed by atoms with Crippen LogP contribution in [0.5, 0.6) is 5.75 Å². The minimum Gasteiger partial charge on any atom is -0.492 e. The first-order chi connectivity index (χ1) is 13.3. The Balaban J connectivity index is 1.69. The molecule has 2 aromatic rings. The molecule has 0 saturated heterocycles. The van der Waals surface area contributed by atoms with Crippen molar-refractivity contribution in [3.8, 4) is 5.75 Å². The van der Waals surface area contributed by atoms with Gasteiger partial charge in [-0.25, -0.2) is 0 Å². The Hall–Kier alpha value is -1.36. The highest BCUT2D eigenvalue weighted by Gasteiger charge is 2.23. The average molecular weight is 414 g/mol. The molecule has 0 unspecified atom stereocenters. The van der Waals surface area contributed by atoms with Crippen LogP contribution < -0.4 is 4.74 Å². The third-order valence-electron chi connectivity index (χ3n) is 4.71. The summed E-state index contributed by atoms with van der Waals surface area (Å²) in [5, 5.41) is 0. The highest BCUT2D eigenvalue weighted by atomic mass is 32.2. The number of benzene rings is 2. The topological polar surface area (TPSA) is 12.5 Å². The quantitative estimate of drug-likeness (QED) is 0.507. The number of hydrogen-bond acceptors (Lipinski definition) is 4. The van der Waals surface area contributed by atoms with Gasteiger partial charge in [-0.15, -0.1) is 23.5 Å². The van der Waals surface area contributed by atoms with Crippen molar-refractivity contribution in [1.82, 2.24) is 4.90 Å². The molecule has 0 aromatic heterocycles. The summed E-state index contributed by atoms with van der Waals surface area (Å²) in [6, 6.07) is 15.3. The largest absolute Gasteiger partial charge is 0.492 e. The normalized spacial score (nSPS) is 16.6. The van der Waals surface area contributed by atoms with Crippen molar-refractivity contribution in [3.63, 3.8) is 0 Å². The van der Waals surface area contributed by atoms with Crippen molar-refractivity contribution in [2.45, 2.75) is 30.6 Å². The zero-order valence-electron chi connectivity index (χ0n) is 17.6. The average Bonchev–Trinajstić information content (AvgIpc) is 2.81. The first-order valence-corrected chi connectivity index (χ1v) is 11.8. The van der Waals surface area contributed by atoms with E-state index in [0.717, 1.165) is 12.3 Å². The Labute approximate surface area is 178 Å². The Morgan fingerprint density at radius 2 is 1.71 bits per heavy atom. The summed E-state index contributed by atoms with van der Waals surface area (Å²) in [7, 11) is 4.11. The van der Waals surface area contributed by atoms with Gasteiger partial charge in [-0.2, -0.15) is 0 Å². The van der Waals surface area contributed by atoms with Crippen LogP contribution in [-0.2, 0) is 0 Å². The van der Waals surface area contributed by atoms with E-state index in [4.69, 9.17) is 4.74 Å². The van der Waals surface area contributed by atoms with E-state index in [1.165, 1.54) is 38.0 Å². The van der Waals surface area contributed by atoms with E-state index in [9.17, 15) is 0 Å². The van der Waals surface area contributed by atoms with Gasteiger partial charge in [0, 0.05) is 27.8 Å². The Bertz CT molecular complexity index is 825. The number of hydrogen-bond donors (Lipinski definition) is 0. The number of thioether (sulfide) groups is 2. The molecule has 0 atom stereocenters. The Kier molecular flexibility index (Phi) is 7.19. The van der Waals surface area contributed by atoms with E-state index < -0.39 is 0 Å². The lowest BCUT2D eigenvalue weighted by molar-refractivity contribution is 0.261. The van der Waals surface area contributed by atoms with Crippen LogP contribution in [0.4, 0.5) is 0 Å². The van der Waals surface area contributed by atoms with Crippen LogP contribution >= 0.6 is 23.5 Å². The van der Waals surface area contributed by atoms with E-state index in [-0.39, 0.29) is 0 Å². The molecule has 1 heterocycles. The molecule has 2 nitrogen and oxygen atoms in total. The van der Waals surface area contributed by atoms with Crippen molar-refractivity contribution in [3.05, 3.63) is 53.6 Å². The van der Waals surface area contributed by atoms with Crippen molar-refractivity contribution in [2.24, 2.45) is 5.41 Å². The molecule has 0 N–H and O–H groups in total. The molecule has 0 aliphatic carbocycles. The monoisotopic (exact) mass is 413 g/mol. The van der Waals surface area contributed by atoms with Crippen LogP contribution in [0.2, 0.25) is 0 Å². The van der Waals surface area contributed by atoms with Crippen LogP contribution in [0.3, 0.4) is 0 Å². The molecule has 4 heteroatoms. The van der Waals surface area contributed by atoms with Gasteiger partial charge in [0.2, 0.25) is 0 Å². The lowest BCUT2D eigenvalue weighted by atomic mass is 10.0. The molecule has 1 aliphatic rings. The van der Waals surface area contributed by atoms with Crippen LogP contribution in [0, 0.1) is 5.41 Å². The lowest BCUT2D eigenvalue weighted by Gasteiger charge is -2.19. The van der Waals surface area contributed by atoms with E-state index in [2.05, 4.69) is 88.3 Å². The van der Waals surface area contributed by atoms with Gasteiger partial charge in [-0.3, -0.25) is 0 Å². The second kappa shape index (κ2) is 9.43. The van der Waals surface area contributed by atoms with E-state index in [1.807, 2.05) is 23.5 Å². The fourth-order valence-corrected chi connectivity index (χ4v) is 5.48. The van der Waals surface area contributed by atoms with Gasteiger partial charge < -0.3 is 9.64 Å². The molecule has 150 valence electrons. The number of allylic oxidation sites excluding steroid dienone is 1. The zero-order chi connectivity index (χ0) is 20.1. The molecule has 3 rings (SSSR count). The summed E-state index contributed by atoms with van der Waals surface area (Å²) in [4.78, 5) is 4.97. The minimum absolute atomic E-state index is 0.385. The van der Waals surface area contributed by atoms with E-state index >= 15 is 0 Å². The number of nitrogens with zero attached hydrogens (tertiary/aromatic N) is 1. The van der Waals surface area contributed by atoms with Gasteiger partial charge in [-0.1, -0.05) is 38.1 Å². The van der Waals surface area contributed by atoms with Crippen molar-refractivity contribution < 1.29 is 4.74 Å². The number of rotatable bonds is 6. The standard InChI is InChI=1S/C24H31NOS2/c1-18(14-19-6-9-21(10-7-19)26-13-12-25(4)5)20-8-11-22-23(15-20)28-17-24(2,3)16-27-22/h6-11,14-15H,12-13,16-17H2,1-5H3. The molecule has 28 heavy (non-hydrogen) atoms. The van der Waals surface area contributed by atoms with Gasteiger partial charge in [0.25, 0.3) is 0 Å². The smallest absolute Gasteiger partial charge is 0.119 e. The molecule has 0 radical (unpaired) electrons. The lowest BCUT2D eigenvalue weighted by Crippen LogP contribution is -2.19. The summed E-state index contributed by atoms with van der Waals surface area (Å²) >= 11 is 3.99. The fourth-order valence-electron chi connectivity index (χ4n) is 2.91. The third-order valence-corrected chi connectivity index (χ3v) is 8.00. The third kappa shape index (κ3) is 6.07. The number of fused-ring (bicyclic) bond motifs is 1. The minimum atomic E-state index is 0.385. The zero-order valence-corrected chi connectivity index (χ0v) is 19.3. The molecule has 2 aromatic carbocycles. The van der Waals surface area contributed by atoms with E-state index in [1.54, 1.807) is 0 Å². The Morgan fingerprint density at radius 1 is 1.04 bits per heavy atom. The SMILES string of the molecule is CC(=Cc1ccc(OCCN(C)C)cc1)c1ccc2c(c1)SCC(C)(C)CS2. The molecule has 0 amide bonds. The molecule has 0 bridgehead atoms. The van der Waals surface area contributed by atoms with Crippen molar-refractivity contribution in [2.75, 3.05) is 38.8 Å². The second-order valence-electron chi connectivity index (χ2n) is 8.45. The maximum atomic E-state index is 5.78. The molecular formula is C24H31NOS2. The molecule has 1 aliphatic heterocycles. The summed E-state index contributed by atoms with van der Waals surface area (Å²) in [6.07, 6.45) is 2.25. The highest BCUT2D eigenvalue weighted by Crippen LogP contribution is 2.43. The van der Waals surface area contributed by atoms with Gasteiger partial charge in [0.15, 0.2) is 0 Å². The van der Waals surface area contributed by atoms with Gasteiger partial charge in [0.05, 0.1) is 0 Å². The summed E-state index contributed by atoms with van der Waals surface area (Å²) in [5.74, 6) is 3.29. The van der Waals surface area contributed by atoms with Crippen LogP contribution in [0.15, 0.2) is 52.3 Å². The number of likely N-dealkylation sites (N-methyl/N-ethyl adjacent to an activating group) is 1. The van der Waals surface area contributed by atoms with Crippen molar-refractivity contribution in [1.29, 1.82) is 0 Å². The predicted octanol–water partition coefficient (Wildman–Crippen LogP) is 6.41. The molecule has 0 fully saturated rings. The van der Waals surface area contributed by atoms with Gasteiger partial charge in [0.1, 0.15) is 12.4 Å². The Morgan fingerprint density at radius 3 is 2.39 bits per heavy atom. The summed E-state index contributed by atoms with van der Waals surface area (Å²) in [5.41, 5.74) is 4.18. The van der Waals surface area contributed by atoms with Gasteiger partial charge in [-0.05, 0) is 67.4 Å². The molecular weight excluding hydrogens is 382 g/mol. The van der Waals surface area contributed by atoms with Gasteiger partial charge >= 0.3 is 0 Å². The van der Waals surface area contributed by atoms with Crippen LogP contribution in [0.1, 0.15) is 31.9 Å². The summed E-state index contributed by atoms with van der Waals surface area (Å²) in [6.45, 7) is 8.55. The van der Waals surface area contributed by atoms with E-state index in [0.29, 0.717) is 12.0 Å². The maximum Gasteiger partial charge on any atom is 0.119 e. The molecule has 0 saturated carbocycles. The second-order valence-corrected chi connectivity index (χ2v) is 10.5. The maximum absolute atomic E-state index is 5.78. The predicted molar refractivity (Wildman–Crippen MR) is 126 cm³/mol. The number of ether oxygens (including phenoxy) is 1.